The molecule has 0 saturated heterocycles. The van der Waals surface area contributed by atoms with Crippen LogP contribution in [0.5, 0.6) is 5.75 Å². The summed E-state index contributed by atoms with van der Waals surface area (Å²) in [5.41, 5.74) is 0.323. The zero-order valence-electron chi connectivity index (χ0n) is 12.0. The maximum Gasteiger partial charge on any atom is 0.269 e. The number of ether oxygens (including phenoxy) is 1. The Kier molecular flexibility index (Phi) is 5.41. The van der Waals surface area contributed by atoms with Gasteiger partial charge in [0.15, 0.2) is 6.10 Å². The lowest BCUT2D eigenvalue weighted by Gasteiger charge is -2.15. The van der Waals surface area contributed by atoms with Gasteiger partial charge in [0.2, 0.25) is 0 Å². The number of hydrogen-bond acceptors (Lipinski definition) is 4. The predicted octanol–water partition coefficient (Wildman–Crippen LogP) is 4.31. The van der Waals surface area contributed by atoms with E-state index in [1.807, 2.05) is 0 Å². The van der Waals surface area contributed by atoms with Crippen LogP contribution in [0.2, 0.25) is 10.0 Å². The van der Waals surface area contributed by atoms with Crippen molar-refractivity contribution in [2.45, 2.75) is 13.0 Å². The molecule has 0 fully saturated rings. The molecule has 0 aliphatic carbocycles. The number of carbonyl (C=O) groups is 1. The van der Waals surface area contributed by atoms with Gasteiger partial charge in [0.1, 0.15) is 5.75 Å². The third-order valence-electron chi connectivity index (χ3n) is 2.94. The minimum atomic E-state index is -0.827. The number of anilines is 1. The summed E-state index contributed by atoms with van der Waals surface area (Å²) in [7, 11) is 0. The van der Waals surface area contributed by atoms with Gasteiger partial charge in [0.05, 0.1) is 20.7 Å². The van der Waals surface area contributed by atoms with Crippen molar-refractivity contribution in [2.24, 2.45) is 0 Å². The number of halogens is 2. The van der Waals surface area contributed by atoms with Crippen molar-refractivity contribution >= 4 is 40.5 Å². The highest BCUT2D eigenvalue weighted by Gasteiger charge is 2.17. The maximum atomic E-state index is 12.1. The van der Waals surface area contributed by atoms with Crippen molar-refractivity contribution in [1.29, 1.82) is 0 Å². The van der Waals surface area contributed by atoms with Gasteiger partial charge in [-0.3, -0.25) is 14.9 Å². The molecule has 0 aromatic heterocycles. The quantitative estimate of drug-likeness (QED) is 0.640. The molecule has 23 heavy (non-hydrogen) atoms. The molecule has 0 spiro atoms. The van der Waals surface area contributed by atoms with Crippen LogP contribution in [-0.2, 0) is 4.79 Å². The Morgan fingerprint density at radius 3 is 2.48 bits per heavy atom. The molecule has 0 aliphatic heterocycles. The molecule has 0 bridgehead atoms. The van der Waals surface area contributed by atoms with Gasteiger partial charge in [-0.25, -0.2) is 0 Å². The fourth-order valence-electron chi connectivity index (χ4n) is 1.74. The van der Waals surface area contributed by atoms with Crippen LogP contribution in [0.25, 0.3) is 0 Å². The van der Waals surface area contributed by atoms with Gasteiger partial charge >= 0.3 is 0 Å². The lowest BCUT2D eigenvalue weighted by Crippen LogP contribution is -2.30. The van der Waals surface area contributed by atoms with Crippen molar-refractivity contribution in [3.05, 3.63) is 62.6 Å². The summed E-state index contributed by atoms with van der Waals surface area (Å²) in [5, 5.41) is 13.8. The summed E-state index contributed by atoms with van der Waals surface area (Å²) in [6.45, 7) is 1.55. The van der Waals surface area contributed by atoms with Crippen LogP contribution in [0.15, 0.2) is 42.5 Å². The van der Waals surface area contributed by atoms with Crippen LogP contribution in [0.1, 0.15) is 6.92 Å². The summed E-state index contributed by atoms with van der Waals surface area (Å²) in [5.74, 6) is -0.0806. The molecule has 0 saturated carbocycles. The molecular formula is C15H12Cl2N2O4. The second-order valence-electron chi connectivity index (χ2n) is 4.60. The summed E-state index contributed by atoms with van der Waals surface area (Å²) in [6.07, 6.45) is -0.827. The Hall–Kier alpha value is -2.31. The number of nitrogens with one attached hydrogen (secondary N) is 1. The van der Waals surface area contributed by atoms with Gasteiger partial charge in [-0.2, -0.15) is 0 Å². The second kappa shape index (κ2) is 7.30. The predicted molar refractivity (Wildman–Crippen MR) is 88.3 cm³/mol. The average Bonchev–Trinajstić information content (AvgIpc) is 2.52. The van der Waals surface area contributed by atoms with Gasteiger partial charge < -0.3 is 10.1 Å². The Balaban J connectivity index is 2.02. The van der Waals surface area contributed by atoms with Gasteiger partial charge in [-0.1, -0.05) is 29.3 Å². The van der Waals surface area contributed by atoms with Gasteiger partial charge in [0.25, 0.3) is 11.6 Å². The third-order valence-corrected chi connectivity index (χ3v) is 3.76. The van der Waals surface area contributed by atoms with E-state index in [1.54, 1.807) is 25.1 Å². The minimum Gasteiger partial charge on any atom is -0.481 e. The van der Waals surface area contributed by atoms with Crippen molar-refractivity contribution < 1.29 is 14.5 Å². The molecular weight excluding hydrogens is 343 g/mol. The van der Waals surface area contributed by atoms with Crippen LogP contribution in [0, 0.1) is 10.1 Å². The van der Waals surface area contributed by atoms with Crippen LogP contribution < -0.4 is 10.1 Å². The monoisotopic (exact) mass is 354 g/mol. The highest BCUT2D eigenvalue weighted by Crippen LogP contribution is 2.29. The zero-order chi connectivity index (χ0) is 17.0. The van der Waals surface area contributed by atoms with E-state index in [-0.39, 0.29) is 10.7 Å². The summed E-state index contributed by atoms with van der Waals surface area (Å²) < 4.78 is 5.44. The Bertz CT molecular complexity index is 735. The van der Waals surface area contributed by atoms with Crippen molar-refractivity contribution in [3.63, 3.8) is 0 Å². The largest absolute Gasteiger partial charge is 0.481 e. The van der Waals surface area contributed by atoms with Crippen LogP contribution in [0.4, 0.5) is 11.4 Å². The van der Waals surface area contributed by atoms with Gasteiger partial charge in [-0.05, 0) is 31.2 Å². The third kappa shape index (κ3) is 4.34. The molecule has 0 radical (unpaired) electrons. The molecule has 6 nitrogen and oxygen atoms in total. The fraction of sp³-hybridized carbons (Fsp3) is 0.133. The summed E-state index contributed by atoms with van der Waals surface area (Å²) in [4.78, 5) is 22.2. The highest BCUT2D eigenvalue weighted by molar-refractivity contribution is 6.44. The SMILES string of the molecule is CC(Oc1ccc([N+](=O)[O-])cc1)C(=O)Nc1cccc(Cl)c1Cl. The smallest absolute Gasteiger partial charge is 0.269 e. The molecule has 2 aromatic carbocycles. The minimum absolute atomic E-state index is 0.0554. The van der Waals surface area contributed by atoms with E-state index in [1.165, 1.54) is 24.3 Å². The van der Waals surface area contributed by atoms with E-state index in [0.717, 1.165) is 0 Å². The standard InChI is InChI=1S/C15H12Cl2N2O4/c1-9(23-11-7-5-10(6-8-11)19(21)22)15(20)18-13-4-2-3-12(16)14(13)17/h2-9H,1H3,(H,18,20). The van der Waals surface area contributed by atoms with E-state index in [4.69, 9.17) is 27.9 Å². The first kappa shape index (κ1) is 17.1. The van der Waals surface area contributed by atoms with E-state index < -0.39 is 16.9 Å². The number of nitro groups is 1. The van der Waals surface area contributed by atoms with Crippen LogP contribution >= 0.6 is 23.2 Å². The lowest BCUT2D eigenvalue weighted by molar-refractivity contribution is -0.384. The second-order valence-corrected chi connectivity index (χ2v) is 5.39. The maximum absolute atomic E-state index is 12.1. The molecule has 1 N–H and O–H groups in total. The molecule has 1 unspecified atom stereocenters. The van der Waals surface area contributed by atoms with Crippen LogP contribution in [-0.4, -0.2) is 16.9 Å². The molecule has 0 heterocycles. The number of benzene rings is 2. The molecule has 2 aromatic rings. The topological polar surface area (TPSA) is 81.5 Å². The van der Waals surface area contributed by atoms with E-state index >= 15 is 0 Å². The summed E-state index contributed by atoms with van der Waals surface area (Å²) >= 11 is 11.9. The van der Waals surface area contributed by atoms with Crippen molar-refractivity contribution in [3.8, 4) is 5.75 Å². The van der Waals surface area contributed by atoms with Gasteiger partial charge in [-0.15, -0.1) is 0 Å². The Morgan fingerprint density at radius 1 is 1.22 bits per heavy atom. The summed E-state index contributed by atoms with van der Waals surface area (Å²) in [6, 6.07) is 10.3. The number of non-ortho nitro benzene ring substituents is 1. The van der Waals surface area contributed by atoms with Crippen molar-refractivity contribution in [2.75, 3.05) is 5.32 Å². The average molecular weight is 355 g/mol. The number of hydrogen-bond donors (Lipinski definition) is 1. The fourth-order valence-corrected chi connectivity index (χ4v) is 2.09. The van der Waals surface area contributed by atoms with Crippen LogP contribution in [0.3, 0.4) is 0 Å². The van der Waals surface area contributed by atoms with E-state index in [9.17, 15) is 14.9 Å². The number of nitro benzene ring substituents is 1. The molecule has 8 heteroatoms. The first-order valence-corrected chi connectivity index (χ1v) is 7.30. The normalized spacial score (nSPS) is 11.6. The number of rotatable bonds is 5. The molecule has 120 valence electrons. The molecule has 1 atom stereocenters. The van der Waals surface area contributed by atoms with E-state index in [2.05, 4.69) is 5.32 Å². The number of nitrogens with zero attached hydrogens (tertiary/aromatic N) is 1. The Labute approximate surface area is 142 Å². The highest BCUT2D eigenvalue weighted by atomic mass is 35.5. The first-order chi connectivity index (χ1) is 10.9. The number of amides is 1. The lowest BCUT2D eigenvalue weighted by atomic mass is 10.2. The molecule has 1 amide bonds. The van der Waals surface area contributed by atoms with E-state index in [0.29, 0.717) is 16.5 Å². The first-order valence-electron chi connectivity index (χ1n) is 6.54. The van der Waals surface area contributed by atoms with Crippen molar-refractivity contribution in [1.82, 2.24) is 0 Å². The molecule has 2 rings (SSSR count). The molecule has 0 aliphatic rings. The van der Waals surface area contributed by atoms with Gasteiger partial charge in [0, 0.05) is 12.1 Å². The number of carbonyl (C=O) groups excluding carboxylic acids is 1. The Morgan fingerprint density at radius 2 is 1.87 bits per heavy atom. The zero-order valence-corrected chi connectivity index (χ0v) is 13.5.